The number of hydrogen-bond donors (Lipinski definition) is 1. The maximum absolute atomic E-state index is 14.7. The molecular formula is C33H22ClN3O5. The van der Waals surface area contributed by atoms with Gasteiger partial charge in [-0.25, -0.2) is 0 Å². The Hall–Kier alpha value is -5.08. The lowest BCUT2D eigenvalue weighted by Gasteiger charge is -2.38. The summed E-state index contributed by atoms with van der Waals surface area (Å²) in [5.41, 5.74) is 1.60. The van der Waals surface area contributed by atoms with Crippen molar-refractivity contribution < 1.29 is 19.3 Å². The summed E-state index contributed by atoms with van der Waals surface area (Å²) < 4.78 is 0. The molecule has 4 atom stereocenters. The van der Waals surface area contributed by atoms with Gasteiger partial charge in [0.2, 0.25) is 5.91 Å². The fourth-order valence-electron chi connectivity index (χ4n) is 6.92. The minimum atomic E-state index is -1.50. The highest BCUT2D eigenvalue weighted by molar-refractivity contribution is 6.34. The Morgan fingerprint density at radius 3 is 2.33 bits per heavy atom. The van der Waals surface area contributed by atoms with Crippen LogP contribution in [0.25, 0.3) is 6.08 Å². The minimum Gasteiger partial charge on any atom is -0.358 e. The number of amides is 1. The third-order valence-corrected chi connectivity index (χ3v) is 8.95. The minimum absolute atomic E-state index is 0.163. The molecule has 0 radical (unpaired) electrons. The lowest BCUT2D eigenvalue weighted by molar-refractivity contribution is -0.384. The number of halogens is 1. The zero-order valence-electron chi connectivity index (χ0n) is 21.9. The Kier molecular flexibility index (Phi) is 5.85. The van der Waals surface area contributed by atoms with Crippen molar-refractivity contribution in [2.45, 2.75) is 17.5 Å². The number of Topliss-reactive ketones (excluding diaryl/α,β-unsaturated/α-hetero) is 2. The van der Waals surface area contributed by atoms with Crippen molar-refractivity contribution in [2.75, 3.05) is 5.32 Å². The Morgan fingerprint density at radius 1 is 0.881 bits per heavy atom. The lowest BCUT2D eigenvalue weighted by Crippen LogP contribution is -2.49. The molecule has 1 saturated heterocycles. The van der Waals surface area contributed by atoms with E-state index in [0.717, 1.165) is 11.1 Å². The second-order valence-electron chi connectivity index (χ2n) is 10.6. The van der Waals surface area contributed by atoms with Gasteiger partial charge in [0.25, 0.3) is 5.69 Å². The fourth-order valence-corrected chi connectivity index (χ4v) is 7.14. The maximum atomic E-state index is 14.7. The normalized spacial score (nSPS) is 23.2. The molecule has 8 nitrogen and oxygen atoms in total. The summed E-state index contributed by atoms with van der Waals surface area (Å²) >= 11 is 6.52. The maximum Gasteiger partial charge on any atom is 0.269 e. The number of carbonyl (C=O) groups excluding carboxylic acids is 3. The van der Waals surface area contributed by atoms with E-state index in [2.05, 4.69) is 5.32 Å². The molecule has 0 saturated carbocycles. The van der Waals surface area contributed by atoms with Gasteiger partial charge >= 0.3 is 0 Å². The van der Waals surface area contributed by atoms with Gasteiger partial charge in [-0.05, 0) is 53.1 Å². The number of fused-ring (bicyclic) bond motifs is 6. The first-order valence-electron chi connectivity index (χ1n) is 13.4. The van der Waals surface area contributed by atoms with E-state index in [4.69, 9.17) is 11.6 Å². The van der Waals surface area contributed by atoms with Crippen molar-refractivity contribution in [3.05, 3.63) is 146 Å². The molecule has 7 rings (SSSR count). The van der Waals surface area contributed by atoms with Crippen molar-refractivity contribution >= 4 is 46.5 Å². The predicted molar refractivity (Wildman–Crippen MR) is 157 cm³/mol. The van der Waals surface area contributed by atoms with E-state index in [9.17, 15) is 24.5 Å². The predicted octanol–water partition coefficient (Wildman–Crippen LogP) is 6.23. The second-order valence-corrected chi connectivity index (χ2v) is 11.0. The summed E-state index contributed by atoms with van der Waals surface area (Å²) in [6, 6.07) is 25.0. The highest BCUT2D eigenvalue weighted by Gasteiger charge is 2.70. The highest BCUT2D eigenvalue weighted by Crippen LogP contribution is 2.62. The third-order valence-electron chi connectivity index (χ3n) is 8.62. The van der Waals surface area contributed by atoms with Crippen molar-refractivity contribution in [3.63, 3.8) is 0 Å². The van der Waals surface area contributed by atoms with E-state index in [1.807, 2.05) is 47.4 Å². The van der Waals surface area contributed by atoms with Gasteiger partial charge in [-0.2, -0.15) is 0 Å². The number of para-hydroxylation sites is 1. The number of hydrogen-bond acceptors (Lipinski definition) is 6. The number of carbonyl (C=O) groups is 3. The number of nitrogens with zero attached hydrogens (tertiary/aromatic N) is 2. The average molecular weight is 576 g/mol. The van der Waals surface area contributed by atoms with E-state index in [-0.39, 0.29) is 21.8 Å². The molecule has 3 aliphatic rings. The molecule has 1 spiro atoms. The van der Waals surface area contributed by atoms with Crippen molar-refractivity contribution in [2.24, 2.45) is 5.92 Å². The van der Waals surface area contributed by atoms with Crippen molar-refractivity contribution in [3.8, 4) is 0 Å². The monoisotopic (exact) mass is 575 g/mol. The molecule has 3 heterocycles. The zero-order valence-corrected chi connectivity index (χ0v) is 22.7. The van der Waals surface area contributed by atoms with Crippen molar-refractivity contribution in [1.82, 2.24) is 4.90 Å². The van der Waals surface area contributed by atoms with E-state index in [1.165, 1.54) is 24.3 Å². The molecule has 1 amide bonds. The third kappa shape index (κ3) is 3.51. The Labute approximate surface area is 245 Å². The molecule has 3 aliphatic heterocycles. The lowest BCUT2D eigenvalue weighted by atomic mass is 9.62. The van der Waals surface area contributed by atoms with Gasteiger partial charge < -0.3 is 10.2 Å². The summed E-state index contributed by atoms with van der Waals surface area (Å²) in [6.07, 6.45) is 3.66. The second kappa shape index (κ2) is 9.49. The van der Waals surface area contributed by atoms with E-state index in [1.54, 1.807) is 42.6 Å². The smallest absolute Gasteiger partial charge is 0.269 e. The van der Waals surface area contributed by atoms with Crippen LogP contribution in [0.4, 0.5) is 11.4 Å². The van der Waals surface area contributed by atoms with Crippen LogP contribution in [0.15, 0.2) is 103 Å². The van der Waals surface area contributed by atoms with Crippen molar-refractivity contribution in [1.29, 1.82) is 0 Å². The SMILES string of the molecule is O=C(c1ccccc1Cl)[C@@H]1[C@H](C(=O)c2ccc([N+](=O)[O-])cc2)[C@]2(C(=O)Nc3ccccc32)[C@H]2c3ccccc3C=CN12. The number of ketones is 2. The van der Waals surface area contributed by atoms with Crippen LogP contribution in [0.5, 0.6) is 0 Å². The molecular weight excluding hydrogens is 554 g/mol. The summed E-state index contributed by atoms with van der Waals surface area (Å²) in [7, 11) is 0. The molecule has 0 aliphatic carbocycles. The molecule has 1 N–H and O–H groups in total. The van der Waals surface area contributed by atoms with Gasteiger partial charge in [-0.3, -0.25) is 24.5 Å². The molecule has 42 heavy (non-hydrogen) atoms. The van der Waals surface area contributed by atoms with Crippen LogP contribution in [0, 0.1) is 16.0 Å². The fraction of sp³-hybridized carbons (Fsp3) is 0.121. The van der Waals surface area contributed by atoms with Gasteiger partial charge in [0.1, 0.15) is 11.5 Å². The van der Waals surface area contributed by atoms with Crippen LogP contribution >= 0.6 is 11.6 Å². The number of rotatable bonds is 5. The summed E-state index contributed by atoms with van der Waals surface area (Å²) in [5.74, 6) is -2.46. The molecule has 4 aromatic carbocycles. The van der Waals surface area contributed by atoms with Gasteiger partial charge in [0.05, 0.1) is 21.9 Å². The zero-order chi connectivity index (χ0) is 29.2. The van der Waals surface area contributed by atoms with Crippen LogP contribution in [0.3, 0.4) is 0 Å². The Bertz CT molecular complexity index is 1850. The van der Waals surface area contributed by atoms with Gasteiger partial charge in [0, 0.05) is 35.1 Å². The first-order chi connectivity index (χ1) is 20.3. The molecule has 206 valence electrons. The molecule has 9 heteroatoms. The Morgan fingerprint density at radius 2 is 1.57 bits per heavy atom. The van der Waals surface area contributed by atoms with Crippen LogP contribution in [0.2, 0.25) is 5.02 Å². The van der Waals surface area contributed by atoms with Crippen LogP contribution in [-0.4, -0.2) is 33.3 Å². The first kappa shape index (κ1) is 25.9. The van der Waals surface area contributed by atoms with E-state index >= 15 is 0 Å². The molecule has 4 aromatic rings. The summed E-state index contributed by atoms with van der Waals surface area (Å²) in [6.45, 7) is 0. The number of nitro groups is 1. The summed E-state index contributed by atoms with van der Waals surface area (Å²) in [5, 5.41) is 14.6. The number of nitrogens with one attached hydrogen (secondary N) is 1. The molecule has 0 aromatic heterocycles. The number of non-ortho nitro benzene ring substituents is 1. The van der Waals surface area contributed by atoms with Gasteiger partial charge in [-0.1, -0.05) is 66.2 Å². The van der Waals surface area contributed by atoms with Gasteiger partial charge in [0.15, 0.2) is 11.6 Å². The number of benzene rings is 4. The topological polar surface area (TPSA) is 110 Å². The molecule has 0 unspecified atom stereocenters. The first-order valence-corrected chi connectivity index (χ1v) is 13.7. The molecule has 0 bridgehead atoms. The number of anilines is 1. The van der Waals surface area contributed by atoms with Crippen LogP contribution < -0.4 is 5.32 Å². The summed E-state index contributed by atoms with van der Waals surface area (Å²) in [4.78, 5) is 56.4. The number of nitro benzene ring substituents is 1. The quantitative estimate of drug-likeness (QED) is 0.172. The van der Waals surface area contributed by atoms with E-state index < -0.39 is 45.8 Å². The van der Waals surface area contributed by atoms with Gasteiger partial charge in [-0.15, -0.1) is 0 Å². The average Bonchev–Trinajstić information content (AvgIpc) is 3.49. The standard InChI is InChI=1S/C33H22ClN3O5/c34-25-11-5-3-9-23(25)30(39)28-27(29(38)20-13-15-21(16-14-20)37(41)42)33(24-10-4-6-12-26(24)35-32(33)40)31-22-8-2-1-7-19(22)17-18-36(28)31/h1-18,27-28,31H,(H,35,40)/t27-,28+,31-,33+/m1/s1. The Balaban J connectivity index is 1.53. The highest BCUT2D eigenvalue weighted by atomic mass is 35.5. The van der Waals surface area contributed by atoms with Crippen LogP contribution in [0.1, 0.15) is 43.4 Å². The van der Waals surface area contributed by atoms with E-state index in [0.29, 0.717) is 11.3 Å². The molecule has 1 fully saturated rings. The van der Waals surface area contributed by atoms with Crippen LogP contribution in [-0.2, 0) is 10.2 Å². The largest absolute Gasteiger partial charge is 0.358 e.